The summed E-state index contributed by atoms with van der Waals surface area (Å²) in [7, 11) is 0. The van der Waals surface area contributed by atoms with E-state index in [1.54, 1.807) is 11.8 Å². The number of ether oxygens (including phenoxy) is 1. The van der Waals surface area contributed by atoms with E-state index < -0.39 is 0 Å². The Bertz CT molecular complexity index is 949. The van der Waals surface area contributed by atoms with E-state index >= 15 is 0 Å². The zero-order chi connectivity index (χ0) is 20.2. The van der Waals surface area contributed by atoms with Crippen molar-refractivity contribution in [3.05, 3.63) is 54.0 Å². The van der Waals surface area contributed by atoms with Gasteiger partial charge in [-0.25, -0.2) is 9.97 Å². The molecule has 2 atom stereocenters. The first-order chi connectivity index (χ1) is 14.2. The minimum absolute atomic E-state index is 0.273. The van der Waals surface area contributed by atoms with Crippen LogP contribution in [0.1, 0.15) is 11.1 Å². The quantitative estimate of drug-likeness (QED) is 0.586. The van der Waals surface area contributed by atoms with Gasteiger partial charge in [0.05, 0.1) is 18.2 Å². The van der Waals surface area contributed by atoms with E-state index in [2.05, 4.69) is 27.3 Å². The summed E-state index contributed by atoms with van der Waals surface area (Å²) in [5.41, 5.74) is 10.0. The Morgan fingerprint density at radius 3 is 2.86 bits per heavy atom. The Labute approximate surface area is 174 Å². The van der Waals surface area contributed by atoms with Gasteiger partial charge in [0.1, 0.15) is 18.6 Å². The third-order valence-electron chi connectivity index (χ3n) is 5.35. The number of nitrogens with two attached hydrogens (primary N) is 1. The highest BCUT2D eigenvalue weighted by Crippen LogP contribution is 2.27. The van der Waals surface area contributed by atoms with Crippen LogP contribution in [0.5, 0.6) is 0 Å². The fourth-order valence-electron chi connectivity index (χ4n) is 3.97. The van der Waals surface area contributed by atoms with E-state index in [-0.39, 0.29) is 6.10 Å². The minimum Gasteiger partial charge on any atom is -0.391 e. The molecule has 0 amide bonds. The van der Waals surface area contributed by atoms with E-state index in [1.807, 2.05) is 34.9 Å². The predicted molar refractivity (Wildman–Crippen MR) is 116 cm³/mol. The summed E-state index contributed by atoms with van der Waals surface area (Å²) in [6.45, 7) is 3.20. The lowest BCUT2D eigenvalue weighted by Crippen LogP contribution is -2.21. The molecule has 0 saturated carbocycles. The average Bonchev–Trinajstić information content (AvgIpc) is 3.24. The van der Waals surface area contributed by atoms with Gasteiger partial charge in [0, 0.05) is 37.3 Å². The summed E-state index contributed by atoms with van der Waals surface area (Å²) in [5.74, 6) is 1.74. The Morgan fingerprint density at radius 1 is 1.24 bits per heavy atom. The lowest BCUT2D eigenvalue weighted by Gasteiger charge is -2.14. The monoisotopic (exact) mass is 413 g/mol. The van der Waals surface area contributed by atoms with Crippen molar-refractivity contribution in [1.29, 1.82) is 0 Å². The summed E-state index contributed by atoms with van der Waals surface area (Å²) < 4.78 is 7.89. The normalized spacial score (nSPS) is 19.9. The van der Waals surface area contributed by atoms with Crippen LogP contribution in [0.15, 0.2) is 42.9 Å². The highest BCUT2D eigenvalue weighted by Gasteiger charge is 2.31. The zero-order valence-electron chi connectivity index (χ0n) is 16.6. The first-order valence-electron chi connectivity index (χ1n) is 9.75. The van der Waals surface area contributed by atoms with Crippen molar-refractivity contribution < 1.29 is 9.84 Å². The van der Waals surface area contributed by atoms with Gasteiger partial charge in [-0.3, -0.25) is 4.90 Å². The van der Waals surface area contributed by atoms with Gasteiger partial charge >= 0.3 is 0 Å². The molecule has 0 bridgehead atoms. The topological polar surface area (TPSA) is 89.4 Å². The fraction of sp³-hybridized carbons (Fsp3) is 0.429. The smallest absolute Gasteiger partial charge is 0.151 e. The van der Waals surface area contributed by atoms with Crippen molar-refractivity contribution in [1.82, 2.24) is 19.4 Å². The number of aliphatic hydroxyl groups excluding tert-OH is 1. The molecule has 0 unspecified atom stereocenters. The predicted octanol–water partition coefficient (Wildman–Crippen LogP) is 2.34. The van der Waals surface area contributed by atoms with Crippen molar-refractivity contribution in [3.8, 4) is 0 Å². The molecule has 3 heterocycles. The molecular formula is C21H27N5O2S. The number of aliphatic hydroxyl groups is 1. The second kappa shape index (κ2) is 9.13. The molecular weight excluding hydrogens is 386 g/mol. The van der Waals surface area contributed by atoms with Gasteiger partial charge in [0.25, 0.3) is 0 Å². The molecule has 7 nitrogen and oxygen atoms in total. The number of β-amino-alcohol motifs (C(OH)–C–C–N with tert-alkyl or cyclic N) is 1. The van der Waals surface area contributed by atoms with Crippen molar-refractivity contribution >= 4 is 28.6 Å². The van der Waals surface area contributed by atoms with Crippen LogP contribution in [0.2, 0.25) is 0 Å². The molecule has 1 fully saturated rings. The van der Waals surface area contributed by atoms with Crippen LogP contribution in [0.3, 0.4) is 0 Å². The van der Waals surface area contributed by atoms with E-state index in [9.17, 15) is 5.11 Å². The maximum absolute atomic E-state index is 10.3. The summed E-state index contributed by atoms with van der Waals surface area (Å²) in [4.78, 5) is 10.9. The number of aromatic nitrogens is 3. The Hall–Kier alpha value is -2.13. The maximum atomic E-state index is 10.3. The average molecular weight is 414 g/mol. The maximum Gasteiger partial charge on any atom is 0.151 e. The molecule has 3 aromatic rings. The van der Waals surface area contributed by atoms with Crippen molar-refractivity contribution in [2.75, 3.05) is 30.8 Å². The number of likely N-dealkylation sites (tertiary alicyclic amines) is 1. The van der Waals surface area contributed by atoms with Gasteiger partial charge < -0.3 is 20.1 Å². The van der Waals surface area contributed by atoms with Gasteiger partial charge in [0.15, 0.2) is 5.82 Å². The first-order valence-corrected chi connectivity index (χ1v) is 11.1. The minimum atomic E-state index is -0.273. The Kier molecular flexibility index (Phi) is 6.34. The fourth-order valence-corrected chi connectivity index (χ4v) is 4.72. The number of anilines is 1. The van der Waals surface area contributed by atoms with Crippen molar-refractivity contribution in [2.45, 2.75) is 26.0 Å². The van der Waals surface area contributed by atoms with Crippen LogP contribution in [-0.4, -0.2) is 55.7 Å². The van der Waals surface area contributed by atoms with Crippen LogP contribution in [0, 0.1) is 5.92 Å². The molecule has 1 saturated heterocycles. The number of nitrogen functional groups attached to an aromatic ring is 1. The molecule has 154 valence electrons. The molecule has 1 aliphatic rings. The van der Waals surface area contributed by atoms with Crippen LogP contribution >= 0.6 is 11.8 Å². The lowest BCUT2D eigenvalue weighted by molar-refractivity contribution is 0.0666. The van der Waals surface area contributed by atoms with Crippen LogP contribution in [-0.2, 0) is 24.6 Å². The van der Waals surface area contributed by atoms with E-state index in [0.717, 1.165) is 41.0 Å². The van der Waals surface area contributed by atoms with Crippen LogP contribution < -0.4 is 5.73 Å². The number of rotatable bonds is 8. The molecule has 3 N–H and O–H groups in total. The first kappa shape index (κ1) is 20.2. The molecule has 29 heavy (non-hydrogen) atoms. The Balaban J connectivity index is 1.50. The number of hydrogen-bond donors (Lipinski definition) is 2. The number of thioether (sulfide) groups is 1. The van der Waals surface area contributed by atoms with Gasteiger partial charge in [-0.15, -0.1) is 0 Å². The van der Waals surface area contributed by atoms with Crippen molar-refractivity contribution in [3.63, 3.8) is 0 Å². The summed E-state index contributed by atoms with van der Waals surface area (Å²) in [5, 5.41) is 10.3. The number of nitrogens with zero attached hydrogens (tertiary/aromatic N) is 4. The molecule has 1 aromatic carbocycles. The lowest BCUT2D eigenvalue weighted by atomic mass is 10.1. The van der Waals surface area contributed by atoms with Crippen LogP contribution in [0.4, 0.5) is 5.82 Å². The standard InChI is InChI=1S/C21H27N5O2S/c1-29-12-17-8-25(10-18(17)27)7-16-9-26(20-19(16)23-13-24-21(20)22)14-28-11-15-5-3-2-4-6-15/h2-6,9,13,17-18,27H,7-8,10-12,14H2,1H3,(H2,22,23,24)/t17-,18-/m1/s1. The van der Waals surface area contributed by atoms with Gasteiger partial charge in [-0.1, -0.05) is 30.3 Å². The summed E-state index contributed by atoms with van der Waals surface area (Å²) in [6, 6.07) is 10.1. The largest absolute Gasteiger partial charge is 0.391 e. The molecule has 1 aliphatic heterocycles. The van der Waals surface area contributed by atoms with Gasteiger partial charge in [-0.05, 0) is 17.6 Å². The molecule has 0 spiro atoms. The zero-order valence-corrected chi connectivity index (χ0v) is 17.4. The molecule has 0 aliphatic carbocycles. The molecule has 2 aromatic heterocycles. The number of benzene rings is 1. The summed E-state index contributed by atoms with van der Waals surface area (Å²) in [6.07, 6.45) is 5.36. The van der Waals surface area contributed by atoms with E-state index in [0.29, 0.717) is 31.6 Å². The third-order valence-corrected chi connectivity index (χ3v) is 6.11. The van der Waals surface area contributed by atoms with E-state index in [1.165, 1.54) is 6.33 Å². The molecule has 4 rings (SSSR count). The van der Waals surface area contributed by atoms with Crippen molar-refractivity contribution in [2.24, 2.45) is 5.92 Å². The number of fused-ring (bicyclic) bond motifs is 1. The summed E-state index contributed by atoms with van der Waals surface area (Å²) >= 11 is 1.78. The third kappa shape index (κ3) is 4.56. The second-order valence-electron chi connectivity index (χ2n) is 7.52. The number of hydrogen-bond acceptors (Lipinski definition) is 7. The molecule has 8 heteroatoms. The second-order valence-corrected chi connectivity index (χ2v) is 8.43. The van der Waals surface area contributed by atoms with Crippen LogP contribution in [0.25, 0.3) is 11.0 Å². The van der Waals surface area contributed by atoms with Gasteiger partial charge in [0.2, 0.25) is 0 Å². The highest BCUT2D eigenvalue weighted by molar-refractivity contribution is 7.98. The highest BCUT2D eigenvalue weighted by atomic mass is 32.2. The SMILES string of the molecule is CSC[C@H]1CN(Cc2cn(COCc3ccccc3)c3c(N)ncnc23)C[C@H]1O. The molecule has 0 radical (unpaired) electrons. The van der Waals surface area contributed by atoms with Gasteiger partial charge in [-0.2, -0.15) is 11.8 Å². The Morgan fingerprint density at radius 2 is 2.07 bits per heavy atom. The van der Waals surface area contributed by atoms with E-state index in [4.69, 9.17) is 10.5 Å².